The number of carbonyl (C=O) groups excluding carboxylic acids is 1. The molecule has 0 unspecified atom stereocenters. The molecule has 138 valence electrons. The Hall–Kier alpha value is -0.810. The van der Waals surface area contributed by atoms with E-state index in [0.29, 0.717) is 12.0 Å². The molecule has 1 saturated carbocycles. The summed E-state index contributed by atoms with van der Waals surface area (Å²) in [7, 11) is 0. The van der Waals surface area contributed by atoms with Crippen molar-refractivity contribution in [2.45, 2.75) is 70.4 Å². The highest BCUT2D eigenvalue weighted by molar-refractivity contribution is 5.74. The molecule has 0 spiro atoms. The molecule has 2 saturated heterocycles. The van der Waals surface area contributed by atoms with Crippen LogP contribution in [-0.2, 0) is 4.74 Å². The van der Waals surface area contributed by atoms with Crippen LogP contribution in [0, 0.1) is 5.92 Å². The number of ether oxygens (including phenoxy) is 1. The van der Waals surface area contributed by atoms with Gasteiger partial charge in [0.15, 0.2) is 0 Å². The van der Waals surface area contributed by atoms with Crippen LogP contribution in [-0.4, -0.2) is 67.3 Å². The summed E-state index contributed by atoms with van der Waals surface area (Å²) in [6.07, 6.45) is 10.3. The first-order valence-electron chi connectivity index (χ1n) is 10.1. The van der Waals surface area contributed by atoms with E-state index < -0.39 is 0 Å². The number of hydrogen-bond donors (Lipinski definition) is 1. The lowest BCUT2D eigenvalue weighted by atomic mass is 9.92. The van der Waals surface area contributed by atoms with Gasteiger partial charge < -0.3 is 15.0 Å². The van der Waals surface area contributed by atoms with Crippen LogP contribution in [0.2, 0.25) is 0 Å². The number of amides is 2. The van der Waals surface area contributed by atoms with Crippen molar-refractivity contribution in [1.82, 2.24) is 15.1 Å². The summed E-state index contributed by atoms with van der Waals surface area (Å²) in [6.45, 7) is 7.58. The van der Waals surface area contributed by atoms with Crippen molar-refractivity contribution >= 4 is 6.03 Å². The van der Waals surface area contributed by atoms with Crippen LogP contribution in [0.5, 0.6) is 0 Å². The maximum Gasteiger partial charge on any atom is 0.317 e. The van der Waals surface area contributed by atoms with Crippen LogP contribution in [0.1, 0.15) is 58.3 Å². The Morgan fingerprint density at radius 3 is 2.67 bits per heavy atom. The molecule has 24 heavy (non-hydrogen) atoms. The van der Waals surface area contributed by atoms with Gasteiger partial charge in [-0.15, -0.1) is 0 Å². The first kappa shape index (κ1) is 18.0. The highest BCUT2D eigenvalue weighted by atomic mass is 16.5. The topological polar surface area (TPSA) is 44.8 Å². The first-order valence-corrected chi connectivity index (χ1v) is 10.1. The molecular weight excluding hydrogens is 302 g/mol. The van der Waals surface area contributed by atoms with Gasteiger partial charge in [-0.25, -0.2) is 4.79 Å². The van der Waals surface area contributed by atoms with Crippen LogP contribution in [0.4, 0.5) is 4.79 Å². The van der Waals surface area contributed by atoms with E-state index >= 15 is 0 Å². The monoisotopic (exact) mass is 337 g/mol. The zero-order chi connectivity index (χ0) is 16.8. The van der Waals surface area contributed by atoms with Crippen molar-refractivity contribution in [3.63, 3.8) is 0 Å². The number of nitrogens with zero attached hydrogens (tertiary/aromatic N) is 2. The molecule has 1 N–H and O–H groups in total. The Morgan fingerprint density at radius 1 is 1.04 bits per heavy atom. The average Bonchev–Trinajstić information content (AvgIpc) is 3.10. The van der Waals surface area contributed by atoms with Crippen LogP contribution < -0.4 is 5.32 Å². The van der Waals surface area contributed by atoms with Crippen molar-refractivity contribution in [2.24, 2.45) is 5.92 Å². The second-order valence-electron chi connectivity index (χ2n) is 7.84. The third-order valence-electron chi connectivity index (χ3n) is 6.00. The highest BCUT2D eigenvalue weighted by Gasteiger charge is 2.31. The average molecular weight is 338 g/mol. The number of urea groups is 1. The Labute approximate surface area is 147 Å². The molecule has 3 fully saturated rings. The maximum absolute atomic E-state index is 12.6. The molecule has 2 amide bonds. The summed E-state index contributed by atoms with van der Waals surface area (Å²) >= 11 is 0. The van der Waals surface area contributed by atoms with Gasteiger partial charge in [-0.1, -0.05) is 19.3 Å². The van der Waals surface area contributed by atoms with Crippen molar-refractivity contribution in [2.75, 3.05) is 39.4 Å². The van der Waals surface area contributed by atoms with Gasteiger partial charge in [-0.3, -0.25) is 4.90 Å². The lowest BCUT2D eigenvalue weighted by Gasteiger charge is -2.40. The molecule has 2 aliphatic heterocycles. The molecule has 5 heteroatoms. The van der Waals surface area contributed by atoms with Gasteiger partial charge in [0.2, 0.25) is 0 Å². The van der Waals surface area contributed by atoms with Crippen LogP contribution in [0.3, 0.4) is 0 Å². The number of rotatable bonds is 5. The fraction of sp³-hybridized carbons (Fsp3) is 0.947. The third-order valence-corrected chi connectivity index (χ3v) is 6.00. The van der Waals surface area contributed by atoms with Gasteiger partial charge in [0.05, 0.1) is 6.61 Å². The van der Waals surface area contributed by atoms with Crippen molar-refractivity contribution in [3.8, 4) is 0 Å². The molecule has 0 bridgehead atoms. The Morgan fingerprint density at radius 2 is 1.88 bits per heavy atom. The zero-order valence-corrected chi connectivity index (χ0v) is 15.3. The lowest BCUT2D eigenvalue weighted by Crippen LogP contribution is -2.53. The summed E-state index contributed by atoms with van der Waals surface area (Å²) in [5, 5.41) is 3.31. The summed E-state index contributed by atoms with van der Waals surface area (Å²) in [5.74, 6) is 0.515. The van der Waals surface area contributed by atoms with E-state index in [-0.39, 0.29) is 6.03 Å². The Kier molecular flexibility index (Phi) is 6.78. The van der Waals surface area contributed by atoms with Gasteiger partial charge in [0.25, 0.3) is 0 Å². The lowest BCUT2D eigenvalue weighted by molar-refractivity contribution is 0.106. The summed E-state index contributed by atoms with van der Waals surface area (Å²) < 4.78 is 5.51. The minimum atomic E-state index is 0.143. The molecule has 0 radical (unpaired) electrons. The molecule has 0 aromatic heterocycles. The molecule has 3 rings (SSSR count). The molecule has 2 heterocycles. The van der Waals surface area contributed by atoms with Gasteiger partial charge in [0, 0.05) is 44.2 Å². The van der Waals surface area contributed by atoms with E-state index in [4.69, 9.17) is 4.74 Å². The van der Waals surface area contributed by atoms with Crippen LogP contribution >= 0.6 is 0 Å². The van der Waals surface area contributed by atoms with Crippen molar-refractivity contribution < 1.29 is 9.53 Å². The standard InChI is InChI=1S/C19H35N3O2/c1-2-24-15-16-10-12-22(13-16)19(23)20-17-7-6-11-21(14-17)18-8-4-3-5-9-18/h16-18H,2-15H2,1H3,(H,20,23)/t16-,17-/m0/s1. The first-order chi connectivity index (χ1) is 11.8. The van der Waals surface area contributed by atoms with E-state index in [1.807, 2.05) is 11.8 Å². The molecule has 0 aromatic rings. The predicted molar refractivity (Wildman–Crippen MR) is 96.2 cm³/mol. The van der Waals surface area contributed by atoms with E-state index in [1.54, 1.807) is 0 Å². The number of likely N-dealkylation sites (tertiary alicyclic amines) is 2. The predicted octanol–water partition coefficient (Wildman–Crippen LogP) is 2.85. The second-order valence-corrected chi connectivity index (χ2v) is 7.84. The molecule has 2 atom stereocenters. The third kappa shape index (κ3) is 4.85. The normalized spacial score (nSPS) is 29.8. The fourth-order valence-corrected chi connectivity index (χ4v) is 4.61. The molecule has 3 aliphatic rings. The summed E-state index contributed by atoms with van der Waals surface area (Å²) in [5.41, 5.74) is 0. The Balaban J connectivity index is 1.42. The van der Waals surface area contributed by atoms with Crippen molar-refractivity contribution in [3.05, 3.63) is 0 Å². The smallest absolute Gasteiger partial charge is 0.317 e. The second kappa shape index (κ2) is 9.04. The van der Waals surface area contributed by atoms with Gasteiger partial charge >= 0.3 is 6.03 Å². The largest absolute Gasteiger partial charge is 0.381 e. The van der Waals surface area contributed by atoms with Gasteiger partial charge in [-0.05, 0) is 45.6 Å². The van der Waals surface area contributed by atoms with Gasteiger partial charge in [-0.2, -0.15) is 0 Å². The molecule has 1 aliphatic carbocycles. The maximum atomic E-state index is 12.6. The van der Waals surface area contributed by atoms with Crippen LogP contribution in [0.25, 0.3) is 0 Å². The zero-order valence-electron chi connectivity index (χ0n) is 15.3. The van der Waals surface area contributed by atoms with E-state index in [0.717, 1.165) is 51.7 Å². The molecule has 0 aromatic carbocycles. The van der Waals surface area contributed by atoms with E-state index in [9.17, 15) is 4.79 Å². The molecular formula is C19H35N3O2. The summed E-state index contributed by atoms with van der Waals surface area (Å²) in [6, 6.07) is 1.24. The van der Waals surface area contributed by atoms with Crippen LogP contribution in [0.15, 0.2) is 0 Å². The number of hydrogen-bond acceptors (Lipinski definition) is 3. The minimum Gasteiger partial charge on any atom is -0.381 e. The quantitative estimate of drug-likeness (QED) is 0.839. The van der Waals surface area contributed by atoms with Gasteiger partial charge in [0.1, 0.15) is 0 Å². The summed E-state index contributed by atoms with van der Waals surface area (Å²) in [4.78, 5) is 17.2. The van der Waals surface area contributed by atoms with E-state index in [2.05, 4.69) is 10.2 Å². The minimum absolute atomic E-state index is 0.143. The van der Waals surface area contributed by atoms with E-state index in [1.165, 1.54) is 45.1 Å². The fourth-order valence-electron chi connectivity index (χ4n) is 4.61. The molecule has 5 nitrogen and oxygen atoms in total. The Bertz CT molecular complexity index is 398. The number of nitrogens with one attached hydrogen (secondary N) is 1. The highest BCUT2D eigenvalue weighted by Crippen LogP contribution is 2.25. The number of piperidine rings is 1. The number of carbonyl (C=O) groups is 1. The SMILES string of the molecule is CCOC[C@H]1CCN(C(=O)N[C@H]2CCCN(C3CCCCC3)C2)C1. The van der Waals surface area contributed by atoms with Crippen molar-refractivity contribution in [1.29, 1.82) is 0 Å².